The lowest BCUT2D eigenvalue weighted by Gasteiger charge is -2.11. The maximum absolute atomic E-state index is 5.82. The van der Waals surface area contributed by atoms with Gasteiger partial charge in [0, 0.05) is 25.3 Å². The van der Waals surface area contributed by atoms with Crippen molar-refractivity contribution in [2.24, 2.45) is 0 Å². The number of hydrogen-bond donors (Lipinski definition) is 1. The van der Waals surface area contributed by atoms with Crippen LogP contribution in [0.1, 0.15) is 38.3 Å². The SMILES string of the molecule is CC1CCC(Cn2cnc(CNC3CC3)c2)O1. The highest BCUT2D eigenvalue weighted by Crippen LogP contribution is 2.21. The van der Waals surface area contributed by atoms with Crippen molar-refractivity contribution in [2.45, 2.75) is 63.9 Å². The predicted molar refractivity (Wildman–Crippen MR) is 65.7 cm³/mol. The molecular formula is C13H21N3O. The first-order valence-electron chi connectivity index (χ1n) is 6.69. The number of nitrogens with zero attached hydrogens (tertiary/aromatic N) is 2. The molecule has 1 aliphatic carbocycles. The largest absolute Gasteiger partial charge is 0.373 e. The third-order valence-electron chi connectivity index (χ3n) is 3.57. The van der Waals surface area contributed by atoms with E-state index >= 15 is 0 Å². The normalized spacial score (nSPS) is 28.8. The molecule has 4 nitrogen and oxygen atoms in total. The molecule has 1 saturated carbocycles. The molecule has 0 aromatic carbocycles. The molecule has 0 spiro atoms. The Labute approximate surface area is 102 Å². The summed E-state index contributed by atoms with van der Waals surface area (Å²) in [5.41, 5.74) is 1.14. The van der Waals surface area contributed by atoms with Crippen molar-refractivity contribution in [3.05, 3.63) is 18.2 Å². The minimum absolute atomic E-state index is 0.378. The summed E-state index contributed by atoms with van der Waals surface area (Å²) in [5, 5.41) is 3.48. The van der Waals surface area contributed by atoms with Crippen LogP contribution in [0, 0.1) is 0 Å². The molecule has 3 rings (SSSR count). The lowest BCUT2D eigenvalue weighted by atomic mass is 10.2. The monoisotopic (exact) mass is 235 g/mol. The number of rotatable bonds is 5. The maximum Gasteiger partial charge on any atom is 0.0950 e. The van der Waals surface area contributed by atoms with Gasteiger partial charge in [-0.2, -0.15) is 0 Å². The van der Waals surface area contributed by atoms with Crippen molar-refractivity contribution in [2.75, 3.05) is 0 Å². The van der Waals surface area contributed by atoms with Crippen LogP contribution in [0.5, 0.6) is 0 Å². The van der Waals surface area contributed by atoms with E-state index in [-0.39, 0.29) is 0 Å². The summed E-state index contributed by atoms with van der Waals surface area (Å²) in [6.07, 6.45) is 9.90. The van der Waals surface area contributed by atoms with Gasteiger partial charge in [0.2, 0.25) is 0 Å². The quantitative estimate of drug-likeness (QED) is 0.844. The molecule has 0 radical (unpaired) electrons. The van der Waals surface area contributed by atoms with Gasteiger partial charge in [-0.3, -0.25) is 0 Å². The zero-order valence-electron chi connectivity index (χ0n) is 10.4. The summed E-state index contributed by atoms with van der Waals surface area (Å²) < 4.78 is 7.98. The van der Waals surface area contributed by atoms with Gasteiger partial charge in [-0.05, 0) is 32.6 Å². The molecule has 1 aromatic rings. The minimum atomic E-state index is 0.378. The Kier molecular flexibility index (Phi) is 3.16. The predicted octanol–water partition coefficient (Wildman–Crippen LogP) is 1.70. The molecule has 1 aromatic heterocycles. The Balaban J connectivity index is 1.49. The van der Waals surface area contributed by atoms with Crippen molar-refractivity contribution >= 4 is 0 Å². The highest BCUT2D eigenvalue weighted by molar-refractivity contribution is 4.98. The Hall–Kier alpha value is -0.870. The van der Waals surface area contributed by atoms with Gasteiger partial charge < -0.3 is 14.6 Å². The lowest BCUT2D eigenvalue weighted by Crippen LogP contribution is -2.16. The molecule has 2 heterocycles. The van der Waals surface area contributed by atoms with Gasteiger partial charge in [-0.25, -0.2) is 4.98 Å². The summed E-state index contributed by atoms with van der Waals surface area (Å²) in [5.74, 6) is 0. The first-order chi connectivity index (χ1) is 8.29. The molecule has 2 fully saturated rings. The Bertz CT molecular complexity index is 372. The molecule has 17 heavy (non-hydrogen) atoms. The fraction of sp³-hybridized carbons (Fsp3) is 0.769. The van der Waals surface area contributed by atoms with E-state index in [0.717, 1.165) is 24.8 Å². The van der Waals surface area contributed by atoms with E-state index in [1.807, 2.05) is 6.33 Å². The molecule has 2 aliphatic rings. The highest BCUT2D eigenvalue weighted by Gasteiger charge is 2.22. The molecule has 0 bridgehead atoms. The second-order valence-corrected chi connectivity index (χ2v) is 5.36. The minimum Gasteiger partial charge on any atom is -0.373 e. The van der Waals surface area contributed by atoms with E-state index in [1.54, 1.807) is 0 Å². The van der Waals surface area contributed by atoms with E-state index in [4.69, 9.17) is 4.74 Å². The maximum atomic E-state index is 5.82. The molecule has 2 unspecified atom stereocenters. The first kappa shape index (κ1) is 11.2. The molecule has 1 saturated heterocycles. The van der Waals surface area contributed by atoms with E-state index in [0.29, 0.717) is 12.2 Å². The van der Waals surface area contributed by atoms with Crippen LogP contribution in [0.3, 0.4) is 0 Å². The fourth-order valence-electron chi connectivity index (χ4n) is 2.39. The number of imidazole rings is 1. The Morgan fingerprint density at radius 2 is 2.29 bits per heavy atom. The van der Waals surface area contributed by atoms with Crippen LogP contribution < -0.4 is 5.32 Å². The van der Waals surface area contributed by atoms with Gasteiger partial charge in [0.25, 0.3) is 0 Å². The van der Waals surface area contributed by atoms with Crippen molar-refractivity contribution in [1.29, 1.82) is 0 Å². The van der Waals surface area contributed by atoms with E-state index in [2.05, 4.69) is 28.0 Å². The second kappa shape index (κ2) is 4.78. The zero-order chi connectivity index (χ0) is 11.7. The molecule has 0 amide bonds. The van der Waals surface area contributed by atoms with Crippen LogP contribution in [0.15, 0.2) is 12.5 Å². The van der Waals surface area contributed by atoms with Gasteiger partial charge in [-0.15, -0.1) is 0 Å². The first-order valence-corrected chi connectivity index (χ1v) is 6.69. The van der Waals surface area contributed by atoms with Crippen LogP contribution >= 0.6 is 0 Å². The Morgan fingerprint density at radius 3 is 3.00 bits per heavy atom. The van der Waals surface area contributed by atoms with Crippen LogP contribution in [0.2, 0.25) is 0 Å². The summed E-state index contributed by atoms with van der Waals surface area (Å²) in [7, 11) is 0. The zero-order valence-corrected chi connectivity index (χ0v) is 10.4. The average Bonchev–Trinajstić information content (AvgIpc) is 2.90. The summed E-state index contributed by atoms with van der Waals surface area (Å²) in [6, 6.07) is 0.749. The van der Waals surface area contributed by atoms with Crippen LogP contribution in [0.25, 0.3) is 0 Å². The number of nitrogens with one attached hydrogen (secondary N) is 1. The molecule has 1 N–H and O–H groups in total. The Morgan fingerprint density at radius 1 is 1.41 bits per heavy atom. The molecular weight excluding hydrogens is 214 g/mol. The van der Waals surface area contributed by atoms with E-state index in [1.165, 1.54) is 25.7 Å². The second-order valence-electron chi connectivity index (χ2n) is 5.36. The van der Waals surface area contributed by atoms with E-state index < -0.39 is 0 Å². The standard InChI is InChI=1S/C13H21N3O/c1-10-2-5-13(17-10)8-16-7-12(15-9-16)6-14-11-3-4-11/h7,9-11,13-14H,2-6,8H2,1H3. The molecule has 4 heteroatoms. The fourth-order valence-corrected chi connectivity index (χ4v) is 2.39. The third-order valence-corrected chi connectivity index (χ3v) is 3.57. The van der Waals surface area contributed by atoms with Crippen LogP contribution in [0.4, 0.5) is 0 Å². The van der Waals surface area contributed by atoms with Gasteiger partial charge in [0.15, 0.2) is 0 Å². The van der Waals surface area contributed by atoms with Crippen molar-refractivity contribution < 1.29 is 4.74 Å². The summed E-state index contributed by atoms with van der Waals surface area (Å²) in [6.45, 7) is 4.00. The van der Waals surface area contributed by atoms with Gasteiger partial charge in [0.1, 0.15) is 0 Å². The van der Waals surface area contributed by atoms with Crippen molar-refractivity contribution in [3.8, 4) is 0 Å². The van der Waals surface area contributed by atoms with Crippen molar-refractivity contribution in [1.82, 2.24) is 14.9 Å². The lowest BCUT2D eigenvalue weighted by molar-refractivity contribution is 0.0458. The average molecular weight is 235 g/mol. The number of hydrogen-bond acceptors (Lipinski definition) is 3. The van der Waals surface area contributed by atoms with Gasteiger partial charge in [0.05, 0.1) is 24.2 Å². The van der Waals surface area contributed by atoms with Gasteiger partial charge >= 0.3 is 0 Å². The van der Waals surface area contributed by atoms with Crippen LogP contribution in [-0.2, 0) is 17.8 Å². The van der Waals surface area contributed by atoms with E-state index in [9.17, 15) is 0 Å². The van der Waals surface area contributed by atoms with Crippen molar-refractivity contribution in [3.63, 3.8) is 0 Å². The smallest absolute Gasteiger partial charge is 0.0950 e. The molecule has 94 valence electrons. The summed E-state index contributed by atoms with van der Waals surface area (Å²) >= 11 is 0. The van der Waals surface area contributed by atoms with Crippen LogP contribution in [-0.4, -0.2) is 27.8 Å². The highest BCUT2D eigenvalue weighted by atomic mass is 16.5. The number of ether oxygens (including phenoxy) is 1. The summed E-state index contributed by atoms with van der Waals surface area (Å²) in [4.78, 5) is 4.42. The van der Waals surface area contributed by atoms with Gasteiger partial charge in [-0.1, -0.05) is 0 Å². The topological polar surface area (TPSA) is 39.1 Å². The third kappa shape index (κ3) is 3.07. The number of aromatic nitrogens is 2. The molecule has 1 aliphatic heterocycles. The molecule has 2 atom stereocenters.